The van der Waals surface area contributed by atoms with Crippen LogP contribution in [-0.2, 0) is 0 Å². The molecule has 1 aliphatic carbocycles. The molecule has 0 aromatic heterocycles. The smallest absolute Gasteiger partial charge is 0.157 e. The van der Waals surface area contributed by atoms with E-state index in [1.807, 2.05) is 11.8 Å². The maximum Gasteiger partial charge on any atom is 0.157 e. The Morgan fingerprint density at radius 1 is 1.47 bits per heavy atom. The van der Waals surface area contributed by atoms with Gasteiger partial charge in [0.25, 0.3) is 0 Å². The number of thioether (sulfide) groups is 1. The molecule has 0 spiro atoms. The Labute approximate surface area is 97.3 Å². The van der Waals surface area contributed by atoms with Gasteiger partial charge < -0.3 is 5.32 Å². The summed E-state index contributed by atoms with van der Waals surface area (Å²) < 4.78 is 0. The monoisotopic (exact) mass is 226 g/mol. The van der Waals surface area contributed by atoms with Crippen LogP contribution in [0.15, 0.2) is 4.99 Å². The van der Waals surface area contributed by atoms with Gasteiger partial charge in [0.2, 0.25) is 0 Å². The van der Waals surface area contributed by atoms with Crippen LogP contribution in [0.5, 0.6) is 0 Å². The molecule has 2 unspecified atom stereocenters. The number of amidine groups is 1. The first kappa shape index (κ1) is 11.3. The van der Waals surface area contributed by atoms with E-state index in [2.05, 4.69) is 19.2 Å². The van der Waals surface area contributed by atoms with Crippen molar-refractivity contribution in [3.8, 4) is 0 Å². The van der Waals surface area contributed by atoms with Crippen molar-refractivity contribution in [1.29, 1.82) is 0 Å². The van der Waals surface area contributed by atoms with Crippen molar-refractivity contribution in [3.05, 3.63) is 0 Å². The van der Waals surface area contributed by atoms with Crippen molar-refractivity contribution >= 4 is 16.9 Å². The lowest BCUT2D eigenvalue weighted by Crippen LogP contribution is -2.41. The zero-order chi connectivity index (χ0) is 10.7. The molecule has 2 nitrogen and oxygen atoms in total. The summed E-state index contributed by atoms with van der Waals surface area (Å²) in [5.74, 6) is 2.14. The Morgan fingerprint density at radius 2 is 2.27 bits per heavy atom. The second kappa shape index (κ2) is 5.24. The standard InChI is InChI=1S/C12H22N2S/c1-3-11-7-8-15-12(14-11)13-9(2)10-5-4-6-10/h9-11H,3-8H2,1-2H3,(H,13,14). The Bertz CT molecular complexity index is 236. The van der Waals surface area contributed by atoms with E-state index < -0.39 is 0 Å². The van der Waals surface area contributed by atoms with Gasteiger partial charge >= 0.3 is 0 Å². The number of aliphatic imine (C=N–C) groups is 1. The van der Waals surface area contributed by atoms with Crippen molar-refractivity contribution in [2.45, 2.75) is 58.0 Å². The van der Waals surface area contributed by atoms with E-state index in [1.54, 1.807) is 0 Å². The van der Waals surface area contributed by atoms with E-state index in [0.29, 0.717) is 12.1 Å². The Balaban J connectivity index is 1.84. The normalized spacial score (nSPS) is 29.2. The zero-order valence-electron chi connectivity index (χ0n) is 9.83. The third-order valence-corrected chi connectivity index (χ3v) is 4.61. The minimum Gasteiger partial charge on any atom is -0.362 e. The summed E-state index contributed by atoms with van der Waals surface area (Å²) in [6, 6.07) is 1.20. The summed E-state index contributed by atoms with van der Waals surface area (Å²) in [7, 11) is 0. The maximum atomic E-state index is 4.75. The predicted octanol–water partition coefficient (Wildman–Crippen LogP) is 3.04. The second-order valence-corrected chi connectivity index (χ2v) is 5.84. The zero-order valence-corrected chi connectivity index (χ0v) is 10.6. The van der Waals surface area contributed by atoms with Gasteiger partial charge in [-0.2, -0.15) is 0 Å². The van der Waals surface area contributed by atoms with Gasteiger partial charge in [0.05, 0.1) is 6.04 Å². The summed E-state index contributed by atoms with van der Waals surface area (Å²) >= 11 is 1.90. The molecule has 0 radical (unpaired) electrons. The number of nitrogens with zero attached hydrogens (tertiary/aromatic N) is 1. The van der Waals surface area contributed by atoms with Crippen LogP contribution in [-0.4, -0.2) is 23.0 Å². The molecule has 0 amide bonds. The highest BCUT2D eigenvalue weighted by Gasteiger charge is 2.25. The van der Waals surface area contributed by atoms with Crippen molar-refractivity contribution in [3.63, 3.8) is 0 Å². The molecular weight excluding hydrogens is 204 g/mol. The number of hydrogen-bond donors (Lipinski definition) is 1. The highest BCUT2D eigenvalue weighted by molar-refractivity contribution is 8.13. The lowest BCUT2D eigenvalue weighted by molar-refractivity contribution is 0.259. The quantitative estimate of drug-likeness (QED) is 0.800. The van der Waals surface area contributed by atoms with Crippen molar-refractivity contribution in [2.75, 3.05) is 5.75 Å². The van der Waals surface area contributed by atoms with E-state index >= 15 is 0 Å². The van der Waals surface area contributed by atoms with Crippen LogP contribution in [0, 0.1) is 5.92 Å². The van der Waals surface area contributed by atoms with Crippen LogP contribution in [0.2, 0.25) is 0 Å². The van der Waals surface area contributed by atoms with Crippen LogP contribution in [0.1, 0.15) is 46.0 Å². The molecule has 2 rings (SSSR count). The second-order valence-electron chi connectivity index (χ2n) is 4.76. The van der Waals surface area contributed by atoms with Gasteiger partial charge in [-0.15, -0.1) is 0 Å². The van der Waals surface area contributed by atoms with E-state index in [4.69, 9.17) is 4.99 Å². The van der Waals surface area contributed by atoms with Crippen LogP contribution in [0.3, 0.4) is 0 Å². The Kier molecular flexibility index (Phi) is 3.95. The molecule has 1 aliphatic heterocycles. The van der Waals surface area contributed by atoms with Crippen LogP contribution < -0.4 is 5.32 Å². The van der Waals surface area contributed by atoms with Gasteiger partial charge in [0, 0.05) is 11.8 Å². The van der Waals surface area contributed by atoms with Gasteiger partial charge in [-0.1, -0.05) is 25.1 Å². The number of nitrogens with one attached hydrogen (secondary N) is 1. The third kappa shape index (κ3) is 2.90. The van der Waals surface area contributed by atoms with Gasteiger partial charge in [0.15, 0.2) is 5.17 Å². The molecule has 0 aromatic rings. The summed E-state index contributed by atoms with van der Waals surface area (Å²) in [5, 5.41) is 4.80. The molecular formula is C12H22N2S. The van der Waals surface area contributed by atoms with E-state index in [-0.39, 0.29) is 0 Å². The van der Waals surface area contributed by atoms with Gasteiger partial charge in [-0.25, -0.2) is 0 Å². The molecule has 1 fully saturated rings. The Hall–Kier alpha value is -0.180. The number of hydrogen-bond acceptors (Lipinski definition) is 3. The SMILES string of the molecule is CCC1CCSC(NC(C)C2CCC2)=N1. The van der Waals surface area contributed by atoms with Crippen molar-refractivity contribution in [2.24, 2.45) is 10.9 Å². The molecule has 0 bridgehead atoms. The van der Waals surface area contributed by atoms with Gasteiger partial charge in [0.1, 0.15) is 0 Å². The van der Waals surface area contributed by atoms with Crippen LogP contribution in [0.4, 0.5) is 0 Å². The lowest BCUT2D eigenvalue weighted by atomic mass is 9.80. The average Bonchev–Trinajstić information content (AvgIpc) is 2.15. The highest BCUT2D eigenvalue weighted by Crippen LogP contribution is 2.30. The fraction of sp³-hybridized carbons (Fsp3) is 0.917. The summed E-state index contributed by atoms with van der Waals surface area (Å²) in [6.45, 7) is 4.54. The molecule has 1 N–H and O–H groups in total. The maximum absolute atomic E-state index is 4.75. The average molecular weight is 226 g/mol. The van der Waals surface area contributed by atoms with E-state index in [9.17, 15) is 0 Å². The molecule has 3 heteroatoms. The molecule has 1 heterocycles. The first-order valence-electron chi connectivity index (χ1n) is 6.26. The van der Waals surface area contributed by atoms with Crippen molar-refractivity contribution < 1.29 is 0 Å². The minimum absolute atomic E-state index is 0.572. The van der Waals surface area contributed by atoms with Crippen molar-refractivity contribution in [1.82, 2.24) is 5.32 Å². The lowest BCUT2D eigenvalue weighted by Gasteiger charge is -2.33. The molecule has 1 saturated carbocycles. The largest absolute Gasteiger partial charge is 0.362 e. The molecule has 2 aliphatic rings. The van der Waals surface area contributed by atoms with Gasteiger partial charge in [-0.3, -0.25) is 4.99 Å². The van der Waals surface area contributed by atoms with E-state index in [0.717, 1.165) is 5.92 Å². The van der Waals surface area contributed by atoms with Crippen LogP contribution in [0.25, 0.3) is 0 Å². The fourth-order valence-corrected chi connectivity index (χ4v) is 3.26. The third-order valence-electron chi connectivity index (χ3n) is 3.67. The van der Waals surface area contributed by atoms with Gasteiger partial charge in [-0.05, 0) is 38.5 Å². The molecule has 0 aromatic carbocycles. The van der Waals surface area contributed by atoms with Crippen LogP contribution >= 0.6 is 11.8 Å². The summed E-state index contributed by atoms with van der Waals surface area (Å²) in [6.07, 6.45) is 6.67. The fourth-order valence-electron chi connectivity index (χ4n) is 2.19. The predicted molar refractivity (Wildman–Crippen MR) is 68.5 cm³/mol. The molecule has 15 heavy (non-hydrogen) atoms. The topological polar surface area (TPSA) is 24.4 Å². The highest BCUT2D eigenvalue weighted by atomic mass is 32.2. The summed E-state index contributed by atoms with van der Waals surface area (Å²) in [4.78, 5) is 4.75. The summed E-state index contributed by atoms with van der Waals surface area (Å²) in [5.41, 5.74) is 0. The first-order chi connectivity index (χ1) is 7.29. The Morgan fingerprint density at radius 3 is 2.87 bits per heavy atom. The van der Waals surface area contributed by atoms with E-state index in [1.165, 1.54) is 43.0 Å². The molecule has 2 atom stereocenters. The first-order valence-corrected chi connectivity index (χ1v) is 7.25. The molecule has 0 saturated heterocycles. The molecule has 86 valence electrons. The number of rotatable bonds is 3. The minimum atomic E-state index is 0.572.